The Morgan fingerprint density at radius 1 is 1.17 bits per heavy atom. The number of nitrogens with zero attached hydrogens (tertiary/aromatic N) is 2. The molecule has 2 aromatic carbocycles. The van der Waals surface area contributed by atoms with E-state index in [0.717, 1.165) is 17.0 Å². The molecule has 6 nitrogen and oxygen atoms in total. The molecule has 0 aliphatic carbocycles. The minimum Gasteiger partial charge on any atom is -0.497 e. The van der Waals surface area contributed by atoms with Gasteiger partial charge >= 0.3 is 0 Å². The van der Waals surface area contributed by atoms with Crippen molar-refractivity contribution in [2.45, 2.75) is 18.2 Å². The lowest BCUT2D eigenvalue weighted by atomic mass is 10.2. The molecule has 3 aromatic rings. The van der Waals surface area contributed by atoms with Crippen molar-refractivity contribution < 1.29 is 17.9 Å². The maximum absolute atomic E-state index is 12.6. The molecule has 0 spiro atoms. The van der Waals surface area contributed by atoms with Gasteiger partial charge in [0.05, 0.1) is 29.1 Å². The van der Waals surface area contributed by atoms with E-state index < -0.39 is 9.84 Å². The number of carbonyl (C=O) groups is 1. The number of carbonyl (C=O) groups excluding carboxylic acids is 1. The van der Waals surface area contributed by atoms with Crippen LogP contribution in [0.15, 0.2) is 71.5 Å². The predicted molar refractivity (Wildman–Crippen MR) is 120 cm³/mol. The lowest BCUT2D eigenvalue weighted by Crippen LogP contribution is -2.23. The fourth-order valence-corrected chi connectivity index (χ4v) is 5.06. The van der Waals surface area contributed by atoms with Crippen LogP contribution >= 0.6 is 11.3 Å². The summed E-state index contributed by atoms with van der Waals surface area (Å²) < 4.78 is 29.7. The van der Waals surface area contributed by atoms with Crippen LogP contribution in [0.4, 0.5) is 10.8 Å². The van der Waals surface area contributed by atoms with Crippen LogP contribution in [-0.2, 0) is 14.6 Å². The van der Waals surface area contributed by atoms with Gasteiger partial charge in [0.2, 0.25) is 0 Å². The second-order valence-corrected chi connectivity index (χ2v) is 9.38. The van der Waals surface area contributed by atoms with Gasteiger partial charge in [-0.15, -0.1) is 11.3 Å². The number of hydrogen-bond acceptors (Lipinski definition) is 6. The van der Waals surface area contributed by atoms with Gasteiger partial charge in [0.15, 0.2) is 15.0 Å². The first kappa shape index (κ1) is 21.7. The van der Waals surface area contributed by atoms with E-state index in [1.807, 2.05) is 36.6 Å². The van der Waals surface area contributed by atoms with Gasteiger partial charge in [-0.25, -0.2) is 13.4 Å². The third kappa shape index (κ3) is 4.60. The molecule has 0 atom stereocenters. The number of ether oxygens (including phenoxy) is 1. The van der Waals surface area contributed by atoms with Crippen LogP contribution in [0.25, 0.3) is 11.3 Å². The minimum absolute atomic E-state index is 0.0827. The molecule has 156 valence electrons. The fraction of sp³-hybridized carbons (Fsp3) is 0.182. The summed E-state index contributed by atoms with van der Waals surface area (Å²) in [6.07, 6.45) is 1.74. The largest absolute Gasteiger partial charge is 0.497 e. The normalized spacial score (nSPS) is 11.1. The number of sulfone groups is 1. The Balaban J connectivity index is 1.95. The summed E-state index contributed by atoms with van der Waals surface area (Å²) in [4.78, 5) is 18.8. The Morgan fingerprint density at radius 3 is 2.40 bits per heavy atom. The van der Waals surface area contributed by atoms with Crippen molar-refractivity contribution in [3.8, 4) is 17.0 Å². The van der Waals surface area contributed by atoms with Crippen LogP contribution < -0.4 is 9.64 Å². The summed E-state index contributed by atoms with van der Waals surface area (Å²) in [7, 11) is -1.72. The highest BCUT2D eigenvalue weighted by molar-refractivity contribution is 7.91. The molecular weight excluding hydrogens is 420 g/mol. The zero-order valence-corrected chi connectivity index (χ0v) is 18.4. The Morgan fingerprint density at radius 2 is 1.83 bits per heavy atom. The average Bonchev–Trinajstić information content (AvgIpc) is 3.24. The molecule has 0 saturated carbocycles. The lowest BCUT2D eigenvalue weighted by Gasteiger charge is -2.18. The van der Waals surface area contributed by atoms with Gasteiger partial charge in [0.1, 0.15) is 5.75 Å². The third-order valence-electron chi connectivity index (χ3n) is 4.39. The molecule has 30 heavy (non-hydrogen) atoms. The van der Waals surface area contributed by atoms with E-state index in [9.17, 15) is 13.2 Å². The highest BCUT2D eigenvalue weighted by Crippen LogP contribution is 2.33. The van der Waals surface area contributed by atoms with Crippen LogP contribution in [-0.4, -0.2) is 32.2 Å². The summed E-state index contributed by atoms with van der Waals surface area (Å²) >= 11 is 1.32. The summed E-state index contributed by atoms with van der Waals surface area (Å²) in [5, 5.41) is 2.33. The summed E-state index contributed by atoms with van der Waals surface area (Å²) in [6, 6.07) is 13.7. The number of rotatable bonds is 8. The quantitative estimate of drug-likeness (QED) is 0.466. The molecule has 3 rings (SSSR count). The minimum atomic E-state index is -3.33. The van der Waals surface area contributed by atoms with Crippen LogP contribution in [0.5, 0.6) is 5.75 Å². The van der Waals surface area contributed by atoms with Crippen molar-refractivity contribution in [1.82, 2.24) is 4.98 Å². The number of aromatic nitrogens is 1. The first-order chi connectivity index (χ1) is 14.4. The predicted octanol–water partition coefficient (Wildman–Crippen LogP) is 4.85. The van der Waals surface area contributed by atoms with Crippen LogP contribution in [0.2, 0.25) is 0 Å². The molecule has 0 aliphatic rings. The van der Waals surface area contributed by atoms with E-state index in [-0.39, 0.29) is 16.6 Å². The van der Waals surface area contributed by atoms with E-state index in [1.165, 1.54) is 34.4 Å². The molecule has 0 fully saturated rings. The molecule has 0 unspecified atom stereocenters. The fourth-order valence-electron chi connectivity index (χ4n) is 2.87. The van der Waals surface area contributed by atoms with E-state index in [0.29, 0.717) is 17.2 Å². The Kier molecular flexibility index (Phi) is 6.69. The van der Waals surface area contributed by atoms with Crippen molar-refractivity contribution >= 4 is 37.9 Å². The molecule has 1 amide bonds. The first-order valence-corrected chi connectivity index (χ1v) is 11.8. The maximum atomic E-state index is 12.6. The third-order valence-corrected chi connectivity index (χ3v) is 7.15. The summed E-state index contributed by atoms with van der Waals surface area (Å²) in [5.74, 6) is 0.477. The Bertz CT molecular complexity index is 1130. The van der Waals surface area contributed by atoms with Crippen molar-refractivity contribution in [3.05, 3.63) is 66.6 Å². The van der Waals surface area contributed by atoms with Crippen molar-refractivity contribution in [1.29, 1.82) is 0 Å². The Labute approximate surface area is 180 Å². The zero-order valence-electron chi connectivity index (χ0n) is 16.7. The summed E-state index contributed by atoms with van der Waals surface area (Å²) in [5.41, 5.74) is 2.14. The average molecular weight is 443 g/mol. The van der Waals surface area contributed by atoms with Crippen molar-refractivity contribution in [2.24, 2.45) is 0 Å². The van der Waals surface area contributed by atoms with E-state index in [4.69, 9.17) is 4.74 Å². The van der Waals surface area contributed by atoms with E-state index >= 15 is 0 Å². The van der Waals surface area contributed by atoms with E-state index in [2.05, 4.69) is 11.6 Å². The number of amides is 1. The second-order valence-electron chi connectivity index (χ2n) is 6.43. The summed E-state index contributed by atoms with van der Waals surface area (Å²) in [6.45, 7) is 5.39. The van der Waals surface area contributed by atoms with Gasteiger partial charge in [0.25, 0.3) is 5.91 Å². The molecule has 8 heteroatoms. The molecular formula is C22H22N2O4S2. The highest BCUT2D eigenvalue weighted by Gasteiger charge is 2.21. The topological polar surface area (TPSA) is 76.6 Å². The molecule has 1 heterocycles. The second kappa shape index (κ2) is 9.23. The molecule has 0 N–H and O–H groups in total. The number of methoxy groups -OCH3 is 1. The van der Waals surface area contributed by atoms with Gasteiger partial charge in [-0.2, -0.15) is 0 Å². The van der Waals surface area contributed by atoms with Gasteiger partial charge < -0.3 is 4.74 Å². The molecule has 0 bridgehead atoms. The smallest absolute Gasteiger partial charge is 0.256 e. The lowest BCUT2D eigenvalue weighted by molar-refractivity contribution is -0.113. The van der Waals surface area contributed by atoms with Crippen molar-refractivity contribution in [2.75, 3.05) is 17.8 Å². The molecule has 0 aliphatic heterocycles. The van der Waals surface area contributed by atoms with Crippen LogP contribution in [0, 0.1) is 0 Å². The van der Waals surface area contributed by atoms with Gasteiger partial charge in [0, 0.05) is 10.9 Å². The van der Waals surface area contributed by atoms with Crippen LogP contribution in [0.1, 0.15) is 13.3 Å². The Hall–Kier alpha value is -2.97. The standard InChI is InChI=1S/C22H22N2O4S2/c1-4-14-30(26,27)19-12-8-17(9-13-19)24(21(25)5-2)22-23-20(15-29-22)16-6-10-18(28-3)11-7-16/h5-13,15H,2,4,14H2,1,3H3. The van der Waals surface area contributed by atoms with Crippen molar-refractivity contribution in [3.63, 3.8) is 0 Å². The van der Waals surface area contributed by atoms with Gasteiger partial charge in [-0.1, -0.05) is 13.5 Å². The monoisotopic (exact) mass is 442 g/mol. The van der Waals surface area contributed by atoms with Gasteiger partial charge in [-0.3, -0.25) is 9.69 Å². The van der Waals surface area contributed by atoms with Gasteiger partial charge in [-0.05, 0) is 61.0 Å². The number of benzene rings is 2. The maximum Gasteiger partial charge on any atom is 0.256 e. The molecule has 0 radical (unpaired) electrons. The number of anilines is 2. The SMILES string of the molecule is C=CC(=O)N(c1ccc(S(=O)(=O)CCC)cc1)c1nc(-c2ccc(OC)cc2)cs1. The number of thiazole rings is 1. The zero-order chi connectivity index (χ0) is 21.7. The molecule has 0 saturated heterocycles. The molecule has 1 aromatic heterocycles. The first-order valence-electron chi connectivity index (χ1n) is 9.29. The highest BCUT2D eigenvalue weighted by atomic mass is 32.2. The number of hydrogen-bond donors (Lipinski definition) is 0. The van der Waals surface area contributed by atoms with E-state index in [1.54, 1.807) is 19.2 Å². The van der Waals surface area contributed by atoms with Crippen LogP contribution in [0.3, 0.4) is 0 Å².